The van der Waals surface area contributed by atoms with Gasteiger partial charge >= 0.3 is 6.03 Å². The second-order valence-corrected chi connectivity index (χ2v) is 8.08. The van der Waals surface area contributed by atoms with Gasteiger partial charge in [0.05, 0.1) is 0 Å². The molecule has 1 heterocycles. The number of nitrogens with one attached hydrogen (secondary N) is 1. The average Bonchev–Trinajstić information content (AvgIpc) is 2.69. The fourth-order valence-corrected chi connectivity index (χ4v) is 3.96. The zero-order valence-corrected chi connectivity index (χ0v) is 17.1. The fraction of sp³-hybridized carbons (Fsp3) is 0.333. The number of piperidine rings is 1. The number of likely N-dealkylation sites (tertiary alicyclic amines) is 1. The first-order valence-electron chi connectivity index (χ1n) is 8.98. The molecule has 0 aromatic heterocycles. The van der Waals surface area contributed by atoms with Crippen molar-refractivity contribution in [3.63, 3.8) is 0 Å². The molecular formula is C21H23ClN2O2S. The summed E-state index contributed by atoms with van der Waals surface area (Å²) in [6, 6.07) is 12.9. The summed E-state index contributed by atoms with van der Waals surface area (Å²) in [5.74, 6) is -0.0428. The van der Waals surface area contributed by atoms with Gasteiger partial charge in [-0.3, -0.25) is 4.79 Å². The van der Waals surface area contributed by atoms with Crippen LogP contribution in [0.5, 0.6) is 0 Å². The van der Waals surface area contributed by atoms with E-state index in [1.807, 2.05) is 43.5 Å². The van der Waals surface area contributed by atoms with Crippen molar-refractivity contribution in [1.82, 2.24) is 4.90 Å². The summed E-state index contributed by atoms with van der Waals surface area (Å²) in [7, 11) is 0. The van der Waals surface area contributed by atoms with Crippen LogP contribution in [0.2, 0.25) is 5.02 Å². The minimum absolute atomic E-state index is 0.114. The third-order valence-corrected chi connectivity index (χ3v) is 5.86. The van der Waals surface area contributed by atoms with Gasteiger partial charge in [0.25, 0.3) is 0 Å². The lowest BCUT2D eigenvalue weighted by atomic mass is 9.90. The van der Waals surface area contributed by atoms with Crippen molar-refractivity contribution in [2.45, 2.75) is 24.7 Å². The van der Waals surface area contributed by atoms with E-state index in [1.165, 1.54) is 0 Å². The molecule has 1 N–H and O–H groups in total. The number of rotatable bonds is 4. The summed E-state index contributed by atoms with van der Waals surface area (Å²) in [6.07, 6.45) is 3.65. The van der Waals surface area contributed by atoms with Crippen LogP contribution in [-0.2, 0) is 0 Å². The second-order valence-electron chi connectivity index (χ2n) is 6.77. The molecule has 0 saturated carbocycles. The third-order valence-electron chi connectivity index (χ3n) is 4.88. The Morgan fingerprint density at radius 3 is 2.59 bits per heavy atom. The van der Waals surface area contributed by atoms with Gasteiger partial charge in [0.15, 0.2) is 5.78 Å². The molecule has 2 aromatic rings. The van der Waals surface area contributed by atoms with Crippen LogP contribution in [0.25, 0.3) is 0 Å². The molecule has 1 saturated heterocycles. The highest BCUT2D eigenvalue weighted by molar-refractivity contribution is 7.98. The van der Waals surface area contributed by atoms with Gasteiger partial charge in [0.2, 0.25) is 0 Å². The molecule has 27 heavy (non-hydrogen) atoms. The first-order chi connectivity index (χ1) is 13.0. The van der Waals surface area contributed by atoms with Crippen LogP contribution < -0.4 is 5.32 Å². The number of carbonyl (C=O) groups is 2. The molecule has 6 heteroatoms. The van der Waals surface area contributed by atoms with Crippen molar-refractivity contribution in [3.05, 3.63) is 58.6 Å². The predicted octanol–water partition coefficient (Wildman–Crippen LogP) is 5.50. The normalized spacial score (nSPS) is 16.9. The van der Waals surface area contributed by atoms with Crippen molar-refractivity contribution in [2.75, 3.05) is 24.7 Å². The zero-order valence-electron chi connectivity index (χ0n) is 15.5. The van der Waals surface area contributed by atoms with E-state index in [0.29, 0.717) is 23.7 Å². The zero-order chi connectivity index (χ0) is 19.4. The molecule has 1 fully saturated rings. The lowest BCUT2D eigenvalue weighted by Gasteiger charge is -2.32. The maximum Gasteiger partial charge on any atom is 0.321 e. The standard InChI is InChI=1S/C21H23ClN2O2S/c1-14-12-17(22)7-10-19(14)23-21(26)24-11-3-4-16(13-24)20(25)15-5-8-18(27-2)9-6-15/h5-10,12,16H,3-4,11,13H2,1-2H3,(H,23,26). The largest absolute Gasteiger partial charge is 0.324 e. The van der Waals surface area contributed by atoms with Gasteiger partial charge in [0, 0.05) is 40.2 Å². The second kappa shape index (κ2) is 8.81. The molecule has 0 bridgehead atoms. The number of hydrogen-bond acceptors (Lipinski definition) is 3. The number of benzene rings is 2. The Bertz CT molecular complexity index is 839. The van der Waals surface area contributed by atoms with Crippen LogP contribution in [0.4, 0.5) is 10.5 Å². The quantitative estimate of drug-likeness (QED) is 0.542. The van der Waals surface area contributed by atoms with Gasteiger partial charge in [-0.15, -0.1) is 11.8 Å². The molecule has 1 aliphatic rings. The van der Waals surface area contributed by atoms with Crippen molar-refractivity contribution >= 4 is 40.9 Å². The monoisotopic (exact) mass is 402 g/mol. The lowest BCUT2D eigenvalue weighted by Crippen LogP contribution is -2.44. The van der Waals surface area contributed by atoms with Crippen LogP contribution in [0.1, 0.15) is 28.8 Å². The number of aryl methyl sites for hydroxylation is 1. The maximum atomic E-state index is 12.8. The number of ketones is 1. The Morgan fingerprint density at radius 1 is 1.19 bits per heavy atom. The van der Waals surface area contributed by atoms with E-state index in [0.717, 1.165) is 29.0 Å². The predicted molar refractivity (Wildman–Crippen MR) is 112 cm³/mol. The SMILES string of the molecule is CSc1ccc(C(=O)C2CCCN(C(=O)Nc3ccc(Cl)cc3C)C2)cc1. The molecule has 3 rings (SSSR count). The Hall–Kier alpha value is -1.98. The van der Waals surface area contributed by atoms with Gasteiger partial charge < -0.3 is 10.2 Å². The van der Waals surface area contributed by atoms with Crippen LogP contribution in [-0.4, -0.2) is 36.1 Å². The van der Waals surface area contributed by atoms with Crippen molar-refractivity contribution in [3.8, 4) is 0 Å². The number of halogens is 1. The number of anilines is 1. The van der Waals surface area contributed by atoms with Gasteiger partial charge in [-0.1, -0.05) is 23.7 Å². The van der Waals surface area contributed by atoms with Crippen LogP contribution in [0.3, 0.4) is 0 Å². The molecule has 2 amide bonds. The van der Waals surface area contributed by atoms with Gasteiger partial charge in [-0.2, -0.15) is 0 Å². The van der Waals surface area contributed by atoms with Gasteiger partial charge in [-0.05, 0) is 61.9 Å². The molecule has 0 aliphatic carbocycles. The maximum absolute atomic E-state index is 12.8. The molecule has 1 unspecified atom stereocenters. The first kappa shape index (κ1) is 19.8. The smallest absolute Gasteiger partial charge is 0.321 e. The van der Waals surface area contributed by atoms with E-state index in [1.54, 1.807) is 28.8 Å². The van der Waals surface area contributed by atoms with E-state index in [4.69, 9.17) is 11.6 Å². The van der Waals surface area contributed by atoms with E-state index < -0.39 is 0 Å². The molecule has 1 atom stereocenters. The Kier molecular flexibility index (Phi) is 6.45. The average molecular weight is 403 g/mol. The number of urea groups is 1. The van der Waals surface area contributed by atoms with Crippen molar-refractivity contribution in [1.29, 1.82) is 0 Å². The van der Waals surface area contributed by atoms with Gasteiger partial charge in [0.1, 0.15) is 0 Å². The Labute approximate surface area is 169 Å². The van der Waals surface area contributed by atoms with E-state index in [-0.39, 0.29) is 17.7 Å². The summed E-state index contributed by atoms with van der Waals surface area (Å²) < 4.78 is 0. The van der Waals surface area contributed by atoms with E-state index >= 15 is 0 Å². The molecule has 0 spiro atoms. The summed E-state index contributed by atoms with van der Waals surface area (Å²) in [5.41, 5.74) is 2.37. The highest BCUT2D eigenvalue weighted by Crippen LogP contribution is 2.24. The van der Waals surface area contributed by atoms with Crippen LogP contribution >= 0.6 is 23.4 Å². The molecule has 1 aliphatic heterocycles. The van der Waals surface area contributed by atoms with Gasteiger partial charge in [-0.25, -0.2) is 4.79 Å². The topological polar surface area (TPSA) is 49.4 Å². The van der Waals surface area contributed by atoms with E-state index in [2.05, 4.69) is 5.32 Å². The highest BCUT2D eigenvalue weighted by atomic mass is 35.5. The summed E-state index contributed by atoms with van der Waals surface area (Å²) in [4.78, 5) is 28.4. The third kappa shape index (κ3) is 4.85. The Balaban J connectivity index is 1.65. The number of amides is 2. The molecule has 142 valence electrons. The molecule has 0 radical (unpaired) electrons. The van der Waals surface area contributed by atoms with E-state index in [9.17, 15) is 9.59 Å². The minimum atomic E-state index is -0.171. The minimum Gasteiger partial charge on any atom is -0.324 e. The lowest BCUT2D eigenvalue weighted by molar-refractivity contribution is 0.0851. The number of thioether (sulfide) groups is 1. The first-order valence-corrected chi connectivity index (χ1v) is 10.6. The summed E-state index contributed by atoms with van der Waals surface area (Å²) >= 11 is 7.62. The molecular weight excluding hydrogens is 380 g/mol. The highest BCUT2D eigenvalue weighted by Gasteiger charge is 2.29. The summed E-state index contributed by atoms with van der Waals surface area (Å²) in [5, 5.41) is 3.58. The Morgan fingerprint density at radius 2 is 1.93 bits per heavy atom. The van der Waals surface area contributed by atoms with Crippen molar-refractivity contribution in [2.24, 2.45) is 5.92 Å². The number of hydrogen-bond donors (Lipinski definition) is 1. The molecule has 2 aromatic carbocycles. The summed E-state index contributed by atoms with van der Waals surface area (Å²) in [6.45, 7) is 3.01. The molecule has 4 nitrogen and oxygen atoms in total. The fourth-order valence-electron chi connectivity index (χ4n) is 3.33. The number of Topliss-reactive ketones (excluding diaryl/α,β-unsaturated/α-hetero) is 1. The van der Waals surface area contributed by atoms with Crippen LogP contribution in [0, 0.1) is 12.8 Å². The number of carbonyl (C=O) groups excluding carboxylic acids is 2. The van der Waals surface area contributed by atoms with Crippen molar-refractivity contribution < 1.29 is 9.59 Å². The van der Waals surface area contributed by atoms with Crippen LogP contribution in [0.15, 0.2) is 47.4 Å². The number of nitrogens with zero attached hydrogens (tertiary/aromatic N) is 1.